The van der Waals surface area contributed by atoms with Crippen LogP contribution in [0.25, 0.3) is 0 Å². The van der Waals surface area contributed by atoms with Crippen LogP contribution in [0.2, 0.25) is 0 Å². The van der Waals surface area contributed by atoms with Crippen molar-refractivity contribution in [2.24, 2.45) is 0 Å². The molecule has 1 heterocycles. The topological polar surface area (TPSA) is 37.4 Å². The molecule has 0 bridgehead atoms. The highest BCUT2D eigenvalue weighted by Gasteiger charge is 2.25. The number of rotatable bonds is 1. The van der Waals surface area contributed by atoms with Crippen molar-refractivity contribution in [2.75, 3.05) is 16.6 Å². The van der Waals surface area contributed by atoms with Gasteiger partial charge in [-0.1, -0.05) is 15.9 Å². The molecule has 0 saturated carbocycles. The van der Waals surface area contributed by atoms with Gasteiger partial charge in [-0.15, -0.1) is 0 Å². The Bertz CT molecular complexity index is 499. The summed E-state index contributed by atoms with van der Waals surface area (Å²) in [6, 6.07) is 5.65. The van der Waals surface area contributed by atoms with E-state index in [0.29, 0.717) is 6.54 Å². The van der Waals surface area contributed by atoms with Gasteiger partial charge in [0, 0.05) is 11.0 Å². The Morgan fingerprint density at radius 3 is 2.69 bits per heavy atom. The smallest absolute Gasteiger partial charge is 0.235 e. The number of halogens is 1. The molecule has 0 amide bonds. The van der Waals surface area contributed by atoms with E-state index in [-0.39, 0.29) is 5.75 Å². The van der Waals surface area contributed by atoms with E-state index >= 15 is 0 Å². The van der Waals surface area contributed by atoms with Crippen LogP contribution in [0.1, 0.15) is 18.4 Å². The average molecular weight is 304 g/mol. The maximum Gasteiger partial charge on any atom is 0.235 e. The first-order valence-electron chi connectivity index (χ1n) is 5.27. The summed E-state index contributed by atoms with van der Waals surface area (Å²) in [6.45, 7) is 2.56. The summed E-state index contributed by atoms with van der Waals surface area (Å²) in [5.41, 5.74) is 1.83. The van der Waals surface area contributed by atoms with Crippen molar-refractivity contribution in [3.63, 3.8) is 0 Å². The highest BCUT2D eigenvalue weighted by Crippen LogP contribution is 2.27. The first-order valence-corrected chi connectivity index (χ1v) is 7.67. The molecule has 0 aliphatic carbocycles. The van der Waals surface area contributed by atoms with Crippen molar-refractivity contribution in [1.29, 1.82) is 0 Å². The lowest BCUT2D eigenvalue weighted by atomic mass is 10.2. The van der Waals surface area contributed by atoms with Gasteiger partial charge in [0.15, 0.2) is 0 Å². The second-order valence-corrected chi connectivity index (χ2v) is 6.90. The molecule has 1 aromatic rings. The highest BCUT2D eigenvalue weighted by atomic mass is 79.9. The lowest BCUT2D eigenvalue weighted by Crippen LogP contribution is -2.37. The fourth-order valence-electron chi connectivity index (χ4n) is 1.86. The van der Waals surface area contributed by atoms with Gasteiger partial charge >= 0.3 is 0 Å². The van der Waals surface area contributed by atoms with Gasteiger partial charge in [-0.3, -0.25) is 4.31 Å². The zero-order valence-corrected chi connectivity index (χ0v) is 11.5. The third-order valence-corrected chi connectivity index (χ3v) is 5.54. The molecule has 88 valence electrons. The Morgan fingerprint density at radius 2 is 2.06 bits per heavy atom. The molecule has 0 atom stereocenters. The van der Waals surface area contributed by atoms with Gasteiger partial charge in [0.2, 0.25) is 10.0 Å². The maximum absolute atomic E-state index is 11.9. The van der Waals surface area contributed by atoms with Crippen LogP contribution in [0.3, 0.4) is 0 Å². The Labute approximate surface area is 105 Å². The van der Waals surface area contributed by atoms with Crippen LogP contribution in [0, 0.1) is 6.92 Å². The average Bonchev–Trinajstić information content (AvgIpc) is 2.22. The van der Waals surface area contributed by atoms with E-state index in [4.69, 9.17) is 0 Å². The number of anilines is 1. The first-order chi connectivity index (χ1) is 7.50. The Kier molecular flexibility index (Phi) is 3.26. The fraction of sp³-hybridized carbons (Fsp3) is 0.455. The quantitative estimate of drug-likeness (QED) is 0.800. The van der Waals surface area contributed by atoms with Crippen LogP contribution in [0.5, 0.6) is 0 Å². The summed E-state index contributed by atoms with van der Waals surface area (Å²) in [5.74, 6) is 0.266. The van der Waals surface area contributed by atoms with Gasteiger partial charge in [0.1, 0.15) is 0 Å². The van der Waals surface area contributed by atoms with Crippen LogP contribution in [0.15, 0.2) is 22.7 Å². The van der Waals surface area contributed by atoms with Gasteiger partial charge in [-0.25, -0.2) is 8.42 Å². The van der Waals surface area contributed by atoms with Gasteiger partial charge in [0.25, 0.3) is 0 Å². The lowest BCUT2D eigenvalue weighted by Gasteiger charge is -2.28. The van der Waals surface area contributed by atoms with Crippen LogP contribution >= 0.6 is 15.9 Å². The van der Waals surface area contributed by atoms with Gasteiger partial charge in [0.05, 0.1) is 11.4 Å². The third-order valence-electron chi connectivity index (χ3n) is 2.78. The van der Waals surface area contributed by atoms with Gasteiger partial charge < -0.3 is 0 Å². The molecule has 16 heavy (non-hydrogen) atoms. The number of hydrogen-bond donors (Lipinski definition) is 0. The van der Waals surface area contributed by atoms with Gasteiger partial charge in [-0.05, 0) is 43.5 Å². The second kappa shape index (κ2) is 4.37. The molecule has 0 aromatic heterocycles. The minimum Gasteiger partial charge on any atom is -0.270 e. The second-order valence-electron chi connectivity index (χ2n) is 4.03. The number of nitrogens with zero attached hydrogens (tertiary/aromatic N) is 1. The van der Waals surface area contributed by atoms with Crippen LogP contribution in [-0.2, 0) is 10.0 Å². The zero-order chi connectivity index (χ0) is 11.8. The van der Waals surface area contributed by atoms with Crippen molar-refractivity contribution < 1.29 is 8.42 Å². The van der Waals surface area contributed by atoms with Crippen LogP contribution in [0.4, 0.5) is 5.69 Å². The molecular formula is C11H14BrNO2S. The molecule has 0 N–H and O–H groups in total. The molecule has 0 unspecified atom stereocenters. The molecule has 1 aliphatic rings. The monoisotopic (exact) mass is 303 g/mol. The normalized spacial score (nSPS) is 19.8. The largest absolute Gasteiger partial charge is 0.270 e. The highest BCUT2D eigenvalue weighted by molar-refractivity contribution is 9.10. The van der Waals surface area contributed by atoms with E-state index in [1.165, 1.54) is 4.31 Å². The molecular weight excluding hydrogens is 290 g/mol. The lowest BCUT2D eigenvalue weighted by molar-refractivity contribution is 0.574. The molecule has 1 aromatic carbocycles. The molecule has 3 nitrogen and oxygen atoms in total. The molecule has 0 radical (unpaired) electrons. The summed E-state index contributed by atoms with van der Waals surface area (Å²) in [4.78, 5) is 0. The number of benzene rings is 1. The zero-order valence-electron chi connectivity index (χ0n) is 9.11. The van der Waals surface area contributed by atoms with Gasteiger partial charge in [-0.2, -0.15) is 0 Å². The van der Waals surface area contributed by atoms with E-state index in [9.17, 15) is 8.42 Å². The summed E-state index contributed by atoms with van der Waals surface area (Å²) in [5, 5.41) is 0. The number of sulfonamides is 1. The summed E-state index contributed by atoms with van der Waals surface area (Å²) >= 11 is 3.41. The summed E-state index contributed by atoms with van der Waals surface area (Å²) < 4.78 is 26.3. The Balaban J connectivity index is 2.39. The standard InChI is InChI=1S/C11H14BrNO2S/c1-9-8-10(4-5-11(9)12)13-6-2-3-7-16(13,14)15/h4-5,8H,2-3,6-7H2,1H3. The SMILES string of the molecule is Cc1cc(N2CCCCS2(=O)=O)ccc1Br. The number of hydrogen-bond acceptors (Lipinski definition) is 2. The van der Waals surface area contributed by atoms with Crippen LogP contribution < -0.4 is 4.31 Å². The first kappa shape index (κ1) is 11.9. The fourth-order valence-corrected chi connectivity index (χ4v) is 3.74. The van der Waals surface area contributed by atoms with Crippen molar-refractivity contribution in [1.82, 2.24) is 0 Å². The predicted molar refractivity (Wildman–Crippen MR) is 69.2 cm³/mol. The minimum atomic E-state index is -3.09. The maximum atomic E-state index is 11.9. The molecule has 1 fully saturated rings. The molecule has 5 heteroatoms. The Morgan fingerprint density at radius 1 is 1.31 bits per heavy atom. The van der Waals surface area contributed by atoms with E-state index in [2.05, 4.69) is 15.9 Å². The van der Waals surface area contributed by atoms with E-state index < -0.39 is 10.0 Å². The summed E-state index contributed by atoms with van der Waals surface area (Å²) in [7, 11) is -3.09. The predicted octanol–water partition coefficient (Wildman–Crippen LogP) is 2.69. The van der Waals surface area contributed by atoms with Crippen molar-refractivity contribution >= 4 is 31.6 Å². The minimum absolute atomic E-state index is 0.266. The molecule has 2 rings (SSSR count). The molecule has 0 spiro atoms. The van der Waals surface area contributed by atoms with E-state index in [0.717, 1.165) is 28.6 Å². The van der Waals surface area contributed by atoms with Crippen molar-refractivity contribution in [2.45, 2.75) is 19.8 Å². The molecule has 1 saturated heterocycles. The van der Waals surface area contributed by atoms with E-state index in [1.807, 2.05) is 25.1 Å². The summed E-state index contributed by atoms with van der Waals surface area (Å²) in [6.07, 6.45) is 1.71. The number of aryl methyl sites for hydroxylation is 1. The third kappa shape index (κ3) is 2.25. The van der Waals surface area contributed by atoms with E-state index in [1.54, 1.807) is 0 Å². The Hall–Kier alpha value is -0.550. The van der Waals surface area contributed by atoms with Crippen molar-refractivity contribution in [3.05, 3.63) is 28.2 Å². The molecule has 1 aliphatic heterocycles. The van der Waals surface area contributed by atoms with Crippen molar-refractivity contribution in [3.8, 4) is 0 Å². The van der Waals surface area contributed by atoms with Crippen LogP contribution in [-0.4, -0.2) is 20.7 Å².